The lowest BCUT2D eigenvalue weighted by molar-refractivity contribution is 0.634. The molecule has 264 valence electrons. The van der Waals surface area contributed by atoms with Crippen molar-refractivity contribution in [1.82, 2.24) is 0 Å². The Morgan fingerprint density at radius 2 is 0.684 bits per heavy atom. The van der Waals surface area contributed by atoms with Gasteiger partial charge in [-0.3, -0.25) is 0 Å². The summed E-state index contributed by atoms with van der Waals surface area (Å²) in [6.07, 6.45) is 0. The molecule has 9 aromatic carbocycles. The van der Waals surface area contributed by atoms with Crippen molar-refractivity contribution >= 4 is 21.9 Å². The van der Waals surface area contributed by atoms with Crippen LogP contribution in [0.5, 0.6) is 0 Å². The molecule has 0 unspecified atom stereocenters. The second-order valence-corrected chi connectivity index (χ2v) is 15.8. The summed E-state index contributed by atoms with van der Waals surface area (Å²) < 4.78 is 6.31. The van der Waals surface area contributed by atoms with Crippen molar-refractivity contribution in [3.05, 3.63) is 251 Å². The quantitative estimate of drug-likeness (QED) is 0.173. The monoisotopic (exact) mass is 722 g/mol. The summed E-state index contributed by atoms with van der Waals surface area (Å²) in [4.78, 5) is 0. The molecule has 0 atom stereocenters. The molecule has 0 bridgehead atoms. The van der Waals surface area contributed by atoms with Gasteiger partial charge in [0, 0.05) is 10.8 Å². The molecule has 57 heavy (non-hydrogen) atoms. The van der Waals surface area contributed by atoms with Gasteiger partial charge < -0.3 is 4.42 Å². The Kier molecular flexibility index (Phi) is 6.09. The molecule has 0 N–H and O–H groups in total. The van der Waals surface area contributed by atoms with E-state index in [1.807, 2.05) is 12.1 Å². The van der Waals surface area contributed by atoms with Gasteiger partial charge in [0.2, 0.25) is 0 Å². The minimum Gasteiger partial charge on any atom is -0.456 e. The normalized spacial score (nSPS) is 14.6. The number of rotatable bonds is 2. The molecular formula is C56H34O. The predicted octanol–water partition coefficient (Wildman–Crippen LogP) is 14.0. The van der Waals surface area contributed by atoms with E-state index in [0.29, 0.717) is 0 Å². The summed E-state index contributed by atoms with van der Waals surface area (Å²) in [7, 11) is 0. The van der Waals surface area contributed by atoms with Gasteiger partial charge in [0.1, 0.15) is 11.2 Å². The van der Waals surface area contributed by atoms with Crippen LogP contribution in [0.25, 0.3) is 66.4 Å². The van der Waals surface area contributed by atoms with E-state index in [1.54, 1.807) is 0 Å². The van der Waals surface area contributed by atoms with Crippen LogP contribution in [0.2, 0.25) is 0 Å². The summed E-state index contributed by atoms with van der Waals surface area (Å²) in [5.41, 5.74) is 21.6. The number of para-hydroxylation sites is 1. The number of benzene rings is 9. The van der Waals surface area contributed by atoms with E-state index in [9.17, 15) is 0 Å². The molecule has 0 saturated heterocycles. The fourth-order valence-corrected chi connectivity index (χ4v) is 11.3. The molecule has 3 aliphatic carbocycles. The molecule has 0 aliphatic heterocycles. The third-order valence-corrected chi connectivity index (χ3v) is 13.4. The van der Waals surface area contributed by atoms with Crippen LogP contribution in [0, 0.1) is 0 Å². The first-order chi connectivity index (χ1) is 28.3. The molecule has 1 aromatic heterocycles. The molecule has 0 radical (unpaired) electrons. The first-order valence-electron chi connectivity index (χ1n) is 19.9. The third-order valence-electron chi connectivity index (χ3n) is 13.4. The van der Waals surface area contributed by atoms with Crippen LogP contribution >= 0.6 is 0 Å². The molecule has 0 fully saturated rings. The van der Waals surface area contributed by atoms with E-state index in [1.165, 1.54) is 77.9 Å². The minimum atomic E-state index is -0.543. The third kappa shape index (κ3) is 3.79. The van der Waals surface area contributed by atoms with Crippen LogP contribution in [-0.4, -0.2) is 0 Å². The SMILES string of the molecule is c1ccc2c(c1)-c1ccccc1C21c2ccccc2C2(c3ccccc3-c3ccccc32)c2c(-c3ccc(-c4ccc5c(c4)oc4ccccc45)cc3)cccc21. The van der Waals surface area contributed by atoms with Gasteiger partial charge in [-0.2, -0.15) is 0 Å². The molecule has 0 saturated carbocycles. The molecule has 0 amide bonds. The average Bonchev–Trinajstić information content (AvgIpc) is 3.91. The van der Waals surface area contributed by atoms with E-state index in [2.05, 4.69) is 194 Å². The number of hydrogen-bond donors (Lipinski definition) is 0. The van der Waals surface area contributed by atoms with Crippen LogP contribution in [0.4, 0.5) is 0 Å². The number of furan rings is 1. The summed E-state index contributed by atoms with van der Waals surface area (Å²) >= 11 is 0. The lowest BCUT2D eigenvalue weighted by atomic mass is 9.51. The van der Waals surface area contributed by atoms with Gasteiger partial charge in [-0.25, -0.2) is 0 Å². The zero-order chi connectivity index (χ0) is 37.3. The lowest BCUT2D eigenvalue weighted by Gasteiger charge is -2.49. The highest BCUT2D eigenvalue weighted by molar-refractivity contribution is 6.06. The number of hydrogen-bond acceptors (Lipinski definition) is 1. The van der Waals surface area contributed by atoms with Crippen LogP contribution < -0.4 is 0 Å². The molecular weight excluding hydrogens is 689 g/mol. The Bertz CT molecular complexity index is 3210. The van der Waals surface area contributed by atoms with Gasteiger partial charge >= 0.3 is 0 Å². The summed E-state index contributed by atoms with van der Waals surface area (Å²) in [6.45, 7) is 0. The van der Waals surface area contributed by atoms with Gasteiger partial charge in [-0.05, 0) is 107 Å². The molecule has 1 nitrogen and oxygen atoms in total. The van der Waals surface area contributed by atoms with Crippen molar-refractivity contribution in [2.75, 3.05) is 0 Å². The topological polar surface area (TPSA) is 13.1 Å². The summed E-state index contributed by atoms with van der Waals surface area (Å²) in [5.74, 6) is 0. The largest absolute Gasteiger partial charge is 0.456 e. The molecule has 2 spiro atoms. The van der Waals surface area contributed by atoms with E-state index in [4.69, 9.17) is 4.42 Å². The molecule has 3 aliphatic rings. The average molecular weight is 723 g/mol. The second kappa shape index (κ2) is 11.2. The van der Waals surface area contributed by atoms with Crippen molar-refractivity contribution in [3.8, 4) is 44.5 Å². The Balaban J connectivity index is 1.12. The zero-order valence-corrected chi connectivity index (χ0v) is 31.0. The molecule has 1 heterocycles. The van der Waals surface area contributed by atoms with Crippen LogP contribution in [0.15, 0.2) is 211 Å². The Morgan fingerprint density at radius 3 is 1.30 bits per heavy atom. The Morgan fingerprint density at radius 1 is 0.263 bits per heavy atom. The van der Waals surface area contributed by atoms with Gasteiger partial charge in [0.15, 0.2) is 0 Å². The van der Waals surface area contributed by atoms with Crippen molar-refractivity contribution in [2.45, 2.75) is 10.8 Å². The first kappa shape index (κ1) is 31.0. The number of fused-ring (bicyclic) bond motifs is 19. The summed E-state index contributed by atoms with van der Waals surface area (Å²) in [6, 6.07) is 77.1. The zero-order valence-electron chi connectivity index (χ0n) is 31.0. The minimum absolute atomic E-state index is 0.505. The van der Waals surface area contributed by atoms with E-state index in [-0.39, 0.29) is 0 Å². The maximum atomic E-state index is 6.31. The van der Waals surface area contributed by atoms with Gasteiger partial charge in [-0.15, -0.1) is 0 Å². The highest BCUT2D eigenvalue weighted by atomic mass is 16.3. The molecule has 10 aromatic rings. The van der Waals surface area contributed by atoms with Crippen LogP contribution in [0.3, 0.4) is 0 Å². The first-order valence-corrected chi connectivity index (χ1v) is 19.9. The predicted molar refractivity (Wildman–Crippen MR) is 233 cm³/mol. The van der Waals surface area contributed by atoms with Gasteiger partial charge in [0.25, 0.3) is 0 Å². The van der Waals surface area contributed by atoms with Gasteiger partial charge in [-0.1, -0.05) is 188 Å². The standard InChI is InChI=1S/C56H34O/c1-6-20-45-39(14-1)40-15-2-7-21-46(40)55(45)49-24-10-11-25-50(49)56(47-22-8-3-16-41(47)42-17-4-9-23-48(42)56)54-38(19-13-26-51(54)55)36-30-28-35(29-31-36)37-32-33-44-43-18-5-12-27-52(43)57-53(44)34-37/h1-34H. The fraction of sp³-hybridized carbons (Fsp3) is 0.0357. The van der Waals surface area contributed by atoms with Gasteiger partial charge in [0.05, 0.1) is 10.8 Å². The Hall–Kier alpha value is -7.22. The lowest BCUT2D eigenvalue weighted by Crippen LogP contribution is -2.44. The highest BCUT2D eigenvalue weighted by Crippen LogP contribution is 2.68. The van der Waals surface area contributed by atoms with Crippen molar-refractivity contribution in [1.29, 1.82) is 0 Å². The van der Waals surface area contributed by atoms with Crippen molar-refractivity contribution in [2.24, 2.45) is 0 Å². The molecule has 1 heteroatoms. The van der Waals surface area contributed by atoms with Crippen LogP contribution in [0.1, 0.15) is 44.5 Å². The maximum Gasteiger partial charge on any atom is 0.136 e. The smallest absolute Gasteiger partial charge is 0.136 e. The molecule has 13 rings (SSSR count). The van der Waals surface area contributed by atoms with E-state index >= 15 is 0 Å². The van der Waals surface area contributed by atoms with Crippen molar-refractivity contribution < 1.29 is 4.42 Å². The maximum absolute atomic E-state index is 6.31. The van der Waals surface area contributed by atoms with Crippen molar-refractivity contribution in [3.63, 3.8) is 0 Å². The second-order valence-electron chi connectivity index (χ2n) is 15.8. The van der Waals surface area contributed by atoms with E-state index in [0.717, 1.165) is 33.1 Å². The fourth-order valence-electron chi connectivity index (χ4n) is 11.3. The van der Waals surface area contributed by atoms with Crippen LogP contribution in [-0.2, 0) is 10.8 Å². The Labute approximate surface area is 331 Å². The highest BCUT2D eigenvalue weighted by Gasteiger charge is 2.59. The van der Waals surface area contributed by atoms with E-state index < -0.39 is 10.8 Å². The summed E-state index contributed by atoms with van der Waals surface area (Å²) in [5, 5.41) is 2.30.